The highest BCUT2D eigenvalue weighted by molar-refractivity contribution is 9.13. The summed E-state index contributed by atoms with van der Waals surface area (Å²) in [5.74, 6) is 0. The topological polar surface area (TPSA) is 21.3 Å². The molecule has 0 radical (unpaired) electrons. The molecule has 0 atom stereocenters. The van der Waals surface area contributed by atoms with Gasteiger partial charge in [-0.05, 0) is 63.4 Å². The number of ether oxygens (including phenoxy) is 1. The summed E-state index contributed by atoms with van der Waals surface area (Å²) in [7, 11) is 1.73. The molecule has 0 unspecified atom stereocenters. The smallest absolute Gasteiger partial charge is 0.0746 e. The largest absolute Gasteiger partial charge is 0.377 e. The summed E-state index contributed by atoms with van der Waals surface area (Å²) < 4.78 is 7.50. The van der Waals surface area contributed by atoms with E-state index in [1.54, 1.807) is 7.11 Å². The van der Waals surface area contributed by atoms with Crippen LogP contribution in [0.25, 0.3) is 0 Å². The fraction of sp³-hybridized carbons (Fsp3) is 0.500. The summed E-state index contributed by atoms with van der Waals surface area (Å²) in [6.45, 7) is 5.81. The van der Waals surface area contributed by atoms with E-state index >= 15 is 0 Å². The van der Waals surface area contributed by atoms with E-state index in [2.05, 4.69) is 63.2 Å². The highest BCUT2D eigenvalue weighted by atomic mass is 79.9. The van der Waals surface area contributed by atoms with Crippen molar-refractivity contribution in [1.82, 2.24) is 5.32 Å². The SMILES string of the molecule is COC(C)(C)CNCc1ccc(Br)c(Br)c1. The van der Waals surface area contributed by atoms with Crippen LogP contribution in [0, 0.1) is 0 Å². The molecule has 4 heteroatoms. The lowest BCUT2D eigenvalue weighted by atomic mass is 10.1. The standard InChI is InChI=1S/C12H17Br2NO/c1-12(2,16-3)8-15-7-9-4-5-10(13)11(14)6-9/h4-6,15H,7-8H2,1-3H3. The molecule has 1 rings (SSSR count). The molecule has 0 aliphatic rings. The van der Waals surface area contributed by atoms with Crippen LogP contribution in [-0.4, -0.2) is 19.3 Å². The first-order valence-electron chi connectivity index (χ1n) is 5.14. The summed E-state index contributed by atoms with van der Waals surface area (Å²) in [5.41, 5.74) is 1.13. The minimum Gasteiger partial charge on any atom is -0.377 e. The molecule has 90 valence electrons. The first-order chi connectivity index (χ1) is 7.44. The van der Waals surface area contributed by atoms with Crippen molar-refractivity contribution in [3.63, 3.8) is 0 Å². The molecule has 0 saturated carbocycles. The van der Waals surface area contributed by atoms with Crippen LogP contribution in [0.5, 0.6) is 0 Å². The molecule has 0 aliphatic heterocycles. The molecule has 0 aromatic heterocycles. The van der Waals surface area contributed by atoms with Crippen LogP contribution in [0.2, 0.25) is 0 Å². The Kier molecular flexibility index (Phi) is 5.44. The maximum atomic E-state index is 5.34. The van der Waals surface area contributed by atoms with Gasteiger partial charge in [-0.25, -0.2) is 0 Å². The Hall–Kier alpha value is 0.1000. The third-order valence-corrected chi connectivity index (χ3v) is 4.30. The fourth-order valence-electron chi connectivity index (χ4n) is 1.23. The first-order valence-corrected chi connectivity index (χ1v) is 6.73. The van der Waals surface area contributed by atoms with Gasteiger partial charge in [-0.15, -0.1) is 0 Å². The molecule has 0 bridgehead atoms. The molecular weight excluding hydrogens is 334 g/mol. The molecule has 0 aliphatic carbocycles. The minimum atomic E-state index is -0.118. The van der Waals surface area contributed by atoms with Crippen LogP contribution in [0.15, 0.2) is 27.1 Å². The third kappa shape index (κ3) is 4.53. The number of hydrogen-bond acceptors (Lipinski definition) is 2. The van der Waals surface area contributed by atoms with E-state index < -0.39 is 0 Å². The van der Waals surface area contributed by atoms with Crippen LogP contribution < -0.4 is 5.32 Å². The summed E-state index contributed by atoms with van der Waals surface area (Å²) in [5, 5.41) is 3.38. The third-order valence-electron chi connectivity index (χ3n) is 2.42. The number of benzene rings is 1. The number of rotatable bonds is 5. The molecule has 0 spiro atoms. The van der Waals surface area contributed by atoms with Crippen LogP contribution in [-0.2, 0) is 11.3 Å². The summed E-state index contributed by atoms with van der Waals surface area (Å²) in [4.78, 5) is 0. The van der Waals surface area contributed by atoms with E-state index in [-0.39, 0.29) is 5.60 Å². The lowest BCUT2D eigenvalue weighted by Crippen LogP contribution is -2.36. The van der Waals surface area contributed by atoms with Gasteiger partial charge in [0.1, 0.15) is 0 Å². The maximum absolute atomic E-state index is 5.34. The van der Waals surface area contributed by atoms with E-state index in [4.69, 9.17) is 4.74 Å². The van der Waals surface area contributed by atoms with Gasteiger partial charge in [0.15, 0.2) is 0 Å². The van der Waals surface area contributed by atoms with Crippen LogP contribution in [0.3, 0.4) is 0 Å². The van der Waals surface area contributed by atoms with Gasteiger partial charge >= 0.3 is 0 Å². The Labute approximate surface area is 114 Å². The molecule has 1 aromatic carbocycles. The van der Waals surface area contributed by atoms with Crippen molar-refractivity contribution in [3.8, 4) is 0 Å². The maximum Gasteiger partial charge on any atom is 0.0746 e. The van der Waals surface area contributed by atoms with E-state index in [1.807, 2.05) is 6.07 Å². The summed E-state index contributed by atoms with van der Waals surface area (Å²) in [6.07, 6.45) is 0. The lowest BCUT2D eigenvalue weighted by Gasteiger charge is -2.23. The van der Waals surface area contributed by atoms with E-state index in [0.29, 0.717) is 0 Å². The van der Waals surface area contributed by atoms with Gasteiger partial charge in [0.05, 0.1) is 5.60 Å². The molecule has 0 saturated heterocycles. The number of nitrogens with one attached hydrogen (secondary N) is 1. The highest BCUT2D eigenvalue weighted by Gasteiger charge is 2.14. The van der Waals surface area contributed by atoms with Crippen molar-refractivity contribution in [3.05, 3.63) is 32.7 Å². The Morgan fingerprint density at radius 2 is 1.94 bits per heavy atom. The second-order valence-corrected chi connectivity index (χ2v) is 6.02. The van der Waals surface area contributed by atoms with Gasteiger partial charge in [-0.1, -0.05) is 6.07 Å². The van der Waals surface area contributed by atoms with E-state index in [1.165, 1.54) is 5.56 Å². The second kappa shape index (κ2) is 6.15. The van der Waals surface area contributed by atoms with Gasteiger partial charge in [-0.2, -0.15) is 0 Å². The average Bonchev–Trinajstić information content (AvgIpc) is 2.23. The van der Waals surface area contributed by atoms with Crippen LogP contribution in [0.4, 0.5) is 0 Å². The Morgan fingerprint density at radius 3 is 2.50 bits per heavy atom. The number of halogens is 2. The van der Waals surface area contributed by atoms with Gasteiger partial charge in [0, 0.05) is 29.1 Å². The molecule has 1 aromatic rings. The van der Waals surface area contributed by atoms with E-state index in [0.717, 1.165) is 22.0 Å². The molecule has 0 fully saturated rings. The Morgan fingerprint density at radius 1 is 1.25 bits per heavy atom. The van der Waals surface area contributed by atoms with Crippen molar-refractivity contribution in [2.45, 2.75) is 26.0 Å². The predicted octanol–water partition coefficient (Wildman–Crippen LogP) is 3.73. The second-order valence-electron chi connectivity index (χ2n) is 4.32. The normalized spacial score (nSPS) is 11.8. The molecule has 0 heterocycles. The van der Waals surface area contributed by atoms with Gasteiger partial charge in [0.25, 0.3) is 0 Å². The zero-order chi connectivity index (χ0) is 12.2. The van der Waals surface area contributed by atoms with Crippen molar-refractivity contribution in [1.29, 1.82) is 0 Å². The zero-order valence-electron chi connectivity index (χ0n) is 9.81. The van der Waals surface area contributed by atoms with Gasteiger partial charge < -0.3 is 10.1 Å². The van der Waals surface area contributed by atoms with Crippen LogP contribution >= 0.6 is 31.9 Å². The van der Waals surface area contributed by atoms with Crippen molar-refractivity contribution < 1.29 is 4.74 Å². The van der Waals surface area contributed by atoms with E-state index in [9.17, 15) is 0 Å². The Bertz CT molecular complexity index is 353. The molecule has 0 amide bonds. The highest BCUT2D eigenvalue weighted by Crippen LogP contribution is 2.23. The first kappa shape index (κ1) is 14.2. The fourth-order valence-corrected chi connectivity index (χ4v) is 1.90. The lowest BCUT2D eigenvalue weighted by molar-refractivity contribution is 0.0230. The summed E-state index contributed by atoms with van der Waals surface area (Å²) in [6, 6.07) is 6.25. The van der Waals surface area contributed by atoms with Gasteiger partial charge in [-0.3, -0.25) is 0 Å². The Balaban J connectivity index is 2.46. The number of methoxy groups -OCH3 is 1. The summed E-state index contributed by atoms with van der Waals surface area (Å²) >= 11 is 6.94. The molecule has 1 N–H and O–H groups in total. The molecule has 2 nitrogen and oxygen atoms in total. The predicted molar refractivity (Wildman–Crippen MR) is 74.6 cm³/mol. The monoisotopic (exact) mass is 349 g/mol. The molecular formula is C12H17Br2NO. The average molecular weight is 351 g/mol. The van der Waals surface area contributed by atoms with Crippen molar-refractivity contribution >= 4 is 31.9 Å². The number of hydrogen-bond donors (Lipinski definition) is 1. The minimum absolute atomic E-state index is 0.118. The van der Waals surface area contributed by atoms with Crippen molar-refractivity contribution in [2.75, 3.05) is 13.7 Å². The van der Waals surface area contributed by atoms with Crippen LogP contribution in [0.1, 0.15) is 19.4 Å². The van der Waals surface area contributed by atoms with Gasteiger partial charge in [0.2, 0.25) is 0 Å². The zero-order valence-corrected chi connectivity index (χ0v) is 13.0. The quantitative estimate of drug-likeness (QED) is 0.873. The molecule has 16 heavy (non-hydrogen) atoms. The van der Waals surface area contributed by atoms with Crippen molar-refractivity contribution in [2.24, 2.45) is 0 Å².